The van der Waals surface area contributed by atoms with Crippen molar-refractivity contribution in [1.29, 1.82) is 0 Å². The number of methoxy groups -OCH3 is 1. The second kappa shape index (κ2) is 10.5. The standard InChI is InChI=1S/C28H40N6O3/c1-32(2)28(22-10-5-4-6-11-22)15-13-27(14-16-28)20-33(26(36)34(27)18-21-8-7-9-21)19-23(35)30-25-29-17-12-24(31-25)37-3/h4-6,10-12,17,21,23,35H,7-9,13-16,18-20H2,1-3H3,(H,29,30,31)/t23?,27-,28+. The van der Waals surface area contributed by atoms with Crippen LogP contribution in [0.5, 0.6) is 5.88 Å². The summed E-state index contributed by atoms with van der Waals surface area (Å²) in [6.07, 6.45) is 8.11. The van der Waals surface area contributed by atoms with Gasteiger partial charge in [-0.05, 0) is 64.1 Å². The summed E-state index contributed by atoms with van der Waals surface area (Å²) >= 11 is 0. The van der Waals surface area contributed by atoms with E-state index in [9.17, 15) is 9.90 Å². The summed E-state index contributed by atoms with van der Waals surface area (Å²) in [5, 5.41) is 13.7. The molecule has 200 valence electrons. The number of nitrogens with one attached hydrogen (secondary N) is 1. The molecule has 1 aromatic carbocycles. The van der Waals surface area contributed by atoms with Crippen LogP contribution in [0.3, 0.4) is 0 Å². The maximum absolute atomic E-state index is 13.8. The van der Waals surface area contributed by atoms with Crippen LogP contribution in [0.1, 0.15) is 50.5 Å². The zero-order valence-corrected chi connectivity index (χ0v) is 22.3. The molecule has 2 heterocycles. The van der Waals surface area contributed by atoms with E-state index in [0.29, 0.717) is 18.3 Å². The minimum absolute atomic E-state index is 0.0319. The average molecular weight is 509 g/mol. The molecule has 1 aliphatic heterocycles. The first kappa shape index (κ1) is 25.7. The van der Waals surface area contributed by atoms with Gasteiger partial charge in [-0.25, -0.2) is 9.78 Å². The Labute approximate surface area is 219 Å². The summed E-state index contributed by atoms with van der Waals surface area (Å²) in [6, 6.07) is 12.5. The van der Waals surface area contributed by atoms with Crippen LogP contribution < -0.4 is 10.1 Å². The number of aromatic nitrogens is 2. The highest BCUT2D eigenvalue weighted by Gasteiger charge is 2.55. The van der Waals surface area contributed by atoms with Gasteiger partial charge in [-0.2, -0.15) is 4.98 Å². The van der Waals surface area contributed by atoms with Gasteiger partial charge in [-0.1, -0.05) is 36.8 Å². The second-order valence-corrected chi connectivity index (χ2v) is 11.2. The molecular weight excluding hydrogens is 468 g/mol. The molecule has 9 heteroatoms. The van der Waals surface area contributed by atoms with E-state index in [2.05, 4.69) is 69.5 Å². The minimum atomic E-state index is -0.981. The first-order valence-electron chi connectivity index (χ1n) is 13.5. The fourth-order valence-electron chi connectivity index (χ4n) is 6.46. The fourth-order valence-corrected chi connectivity index (χ4v) is 6.46. The largest absolute Gasteiger partial charge is 0.481 e. The predicted molar refractivity (Wildman–Crippen MR) is 142 cm³/mol. The molecule has 1 unspecified atom stereocenters. The second-order valence-electron chi connectivity index (χ2n) is 11.2. The number of urea groups is 1. The van der Waals surface area contributed by atoms with E-state index >= 15 is 0 Å². The molecule has 3 fully saturated rings. The van der Waals surface area contributed by atoms with Gasteiger partial charge in [0.1, 0.15) is 6.23 Å². The van der Waals surface area contributed by atoms with Crippen molar-refractivity contribution in [3.8, 4) is 5.88 Å². The maximum atomic E-state index is 13.8. The molecule has 5 rings (SSSR count). The van der Waals surface area contributed by atoms with E-state index in [1.807, 2.05) is 4.90 Å². The SMILES string of the molecule is COc1ccnc(NC(O)CN2C[C@]3(CC[C@](c4ccccc4)(N(C)C)CC3)N(CC3CCC3)C2=O)n1. The Morgan fingerprint density at radius 2 is 1.89 bits per heavy atom. The van der Waals surface area contributed by atoms with Gasteiger partial charge in [0.2, 0.25) is 11.8 Å². The number of benzene rings is 1. The van der Waals surface area contributed by atoms with Gasteiger partial charge in [0.25, 0.3) is 0 Å². The van der Waals surface area contributed by atoms with Crippen molar-refractivity contribution in [2.24, 2.45) is 5.92 Å². The average Bonchev–Trinajstić information content (AvgIpc) is 3.12. The molecule has 2 aromatic rings. The molecule has 1 aromatic heterocycles. The van der Waals surface area contributed by atoms with Crippen molar-refractivity contribution < 1.29 is 14.6 Å². The quantitative estimate of drug-likeness (QED) is 0.501. The lowest BCUT2D eigenvalue weighted by Crippen LogP contribution is -2.56. The van der Waals surface area contributed by atoms with Crippen LogP contribution in [-0.2, 0) is 5.54 Å². The molecule has 0 radical (unpaired) electrons. The molecule has 2 saturated carbocycles. The van der Waals surface area contributed by atoms with E-state index in [0.717, 1.165) is 32.2 Å². The Bertz CT molecular complexity index is 1070. The molecule has 1 saturated heterocycles. The lowest BCUT2D eigenvalue weighted by atomic mass is 9.68. The number of anilines is 1. The minimum Gasteiger partial charge on any atom is -0.481 e. The summed E-state index contributed by atoms with van der Waals surface area (Å²) < 4.78 is 5.15. The van der Waals surface area contributed by atoms with E-state index in [-0.39, 0.29) is 29.6 Å². The highest BCUT2D eigenvalue weighted by molar-refractivity contribution is 5.78. The molecule has 3 aliphatic rings. The van der Waals surface area contributed by atoms with Crippen molar-refractivity contribution >= 4 is 12.0 Å². The van der Waals surface area contributed by atoms with Gasteiger partial charge in [0.15, 0.2) is 0 Å². The summed E-state index contributed by atoms with van der Waals surface area (Å²) in [5.41, 5.74) is 1.11. The Kier molecular flexibility index (Phi) is 7.27. The third-order valence-corrected chi connectivity index (χ3v) is 8.93. The predicted octanol–water partition coefficient (Wildman–Crippen LogP) is 3.52. The molecule has 2 N–H and O–H groups in total. The zero-order chi connectivity index (χ0) is 26.0. The molecule has 2 amide bonds. The third kappa shape index (κ3) is 4.99. The van der Waals surface area contributed by atoms with Gasteiger partial charge < -0.3 is 25.0 Å². The monoisotopic (exact) mass is 508 g/mol. The zero-order valence-electron chi connectivity index (χ0n) is 22.3. The highest BCUT2D eigenvalue weighted by Crippen LogP contribution is 2.49. The van der Waals surface area contributed by atoms with Gasteiger partial charge in [0.05, 0.1) is 19.2 Å². The number of hydrogen-bond acceptors (Lipinski definition) is 7. The summed E-state index contributed by atoms with van der Waals surface area (Å²) in [5.74, 6) is 1.28. The number of nitrogens with zero attached hydrogens (tertiary/aromatic N) is 5. The molecule has 2 aliphatic carbocycles. The van der Waals surface area contributed by atoms with Crippen LogP contribution in [0.4, 0.5) is 10.7 Å². The van der Waals surface area contributed by atoms with Crippen LogP contribution in [0.2, 0.25) is 0 Å². The first-order chi connectivity index (χ1) is 17.8. The number of carbonyl (C=O) groups is 1. The molecule has 37 heavy (non-hydrogen) atoms. The Morgan fingerprint density at radius 1 is 1.16 bits per heavy atom. The van der Waals surface area contributed by atoms with E-state index in [1.54, 1.807) is 12.3 Å². The van der Waals surface area contributed by atoms with Crippen LogP contribution in [0, 0.1) is 5.92 Å². The molecule has 1 spiro atoms. The molecule has 1 atom stereocenters. The smallest absolute Gasteiger partial charge is 0.320 e. The van der Waals surface area contributed by atoms with Crippen LogP contribution in [0.15, 0.2) is 42.6 Å². The van der Waals surface area contributed by atoms with Crippen molar-refractivity contribution in [2.75, 3.05) is 46.2 Å². The topological polar surface area (TPSA) is 94.1 Å². The number of β-amino-alcohol motifs (C(OH)–C–C–N with tert-alkyl or cyclic N) is 1. The van der Waals surface area contributed by atoms with Gasteiger partial charge in [-0.15, -0.1) is 0 Å². The fraction of sp³-hybridized carbons (Fsp3) is 0.607. The van der Waals surface area contributed by atoms with E-state index < -0.39 is 6.23 Å². The van der Waals surface area contributed by atoms with Crippen LogP contribution in [-0.4, -0.2) is 88.4 Å². The normalized spacial score (nSPS) is 27.0. The summed E-state index contributed by atoms with van der Waals surface area (Å²) in [4.78, 5) is 28.5. The Hall–Kier alpha value is -2.91. The number of ether oxygens (including phenoxy) is 1. The molecule has 9 nitrogen and oxygen atoms in total. The van der Waals surface area contributed by atoms with Crippen molar-refractivity contribution in [1.82, 2.24) is 24.7 Å². The lowest BCUT2D eigenvalue weighted by Gasteiger charge is -2.51. The summed E-state index contributed by atoms with van der Waals surface area (Å²) in [7, 11) is 5.88. The van der Waals surface area contributed by atoms with Crippen molar-refractivity contribution in [3.05, 3.63) is 48.2 Å². The lowest BCUT2D eigenvalue weighted by molar-refractivity contribution is 0.0156. The van der Waals surface area contributed by atoms with Gasteiger partial charge in [-0.3, -0.25) is 4.90 Å². The maximum Gasteiger partial charge on any atom is 0.320 e. The molecule has 0 bridgehead atoms. The number of amides is 2. The first-order valence-corrected chi connectivity index (χ1v) is 13.5. The summed E-state index contributed by atoms with van der Waals surface area (Å²) in [6.45, 7) is 1.63. The van der Waals surface area contributed by atoms with Crippen molar-refractivity contribution in [2.45, 2.75) is 62.3 Å². The number of carbonyl (C=O) groups excluding carboxylic acids is 1. The van der Waals surface area contributed by atoms with E-state index in [1.165, 1.54) is 31.9 Å². The number of aliphatic hydroxyl groups excluding tert-OH is 1. The van der Waals surface area contributed by atoms with Crippen LogP contribution in [0.25, 0.3) is 0 Å². The third-order valence-electron chi connectivity index (χ3n) is 8.93. The van der Waals surface area contributed by atoms with Gasteiger partial charge >= 0.3 is 6.03 Å². The molecular formula is C28H40N6O3. The highest BCUT2D eigenvalue weighted by atomic mass is 16.5. The van der Waals surface area contributed by atoms with Crippen molar-refractivity contribution in [3.63, 3.8) is 0 Å². The Balaban J connectivity index is 1.33. The van der Waals surface area contributed by atoms with E-state index in [4.69, 9.17) is 4.74 Å². The van der Waals surface area contributed by atoms with Crippen LogP contribution >= 0.6 is 0 Å². The number of aliphatic hydroxyl groups is 1. The van der Waals surface area contributed by atoms with Gasteiger partial charge in [0, 0.05) is 30.9 Å². The Morgan fingerprint density at radius 3 is 2.51 bits per heavy atom. The number of rotatable bonds is 9. The number of hydrogen-bond donors (Lipinski definition) is 2.